The highest BCUT2D eigenvalue weighted by atomic mass is 19.1. The van der Waals surface area contributed by atoms with Crippen molar-refractivity contribution in [3.8, 4) is 11.1 Å². The van der Waals surface area contributed by atoms with Gasteiger partial charge in [-0.2, -0.15) is 0 Å². The number of hydrogen-bond acceptors (Lipinski definition) is 0. The summed E-state index contributed by atoms with van der Waals surface area (Å²) in [6.07, 6.45) is 4.70. The average molecular weight is 335 g/mol. The van der Waals surface area contributed by atoms with E-state index in [2.05, 4.69) is 34.9 Å². The number of rotatable bonds is 7. The van der Waals surface area contributed by atoms with Crippen LogP contribution in [0.2, 0.25) is 12.6 Å². The molecule has 1 radical (unpaired) electrons. The van der Waals surface area contributed by atoms with Crippen LogP contribution in [-0.2, 0) is 6.42 Å². The molecule has 0 spiro atoms. The molecule has 0 amide bonds. The second-order valence-corrected chi connectivity index (χ2v) is 7.91. The van der Waals surface area contributed by atoms with Crippen molar-refractivity contribution >= 4 is 7.28 Å². The van der Waals surface area contributed by atoms with Gasteiger partial charge in [0.1, 0.15) is 13.1 Å². The maximum Gasteiger partial charge on any atom is 0.134 e. The van der Waals surface area contributed by atoms with Crippen molar-refractivity contribution in [3.63, 3.8) is 0 Å². The predicted octanol–water partition coefficient (Wildman–Crippen LogP) is 6.71. The predicted molar refractivity (Wildman–Crippen MR) is 107 cm³/mol. The maximum absolute atomic E-state index is 15.2. The highest BCUT2D eigenvalue weighted by Crippen LogP contribution is 2.60. The Hall–Kier alpha value is -1.57. The van der Waals surface area contributed by atoms with Crippen molar-refractivity contribution in [2.75, 3.05) is 0 Å². The number of hydrogen-bond donors (Lipinski definition) is 0. The fourth-order valence-electron chi connectivity index (χ4n) is 4.66. The maximum atomic E-state index is 15.2. The smallest absolute Gasteiger partial charge is 0.134 e. The molecule has 2 atom stereocenters. The first-order chi connectivity index (χ1) is 12.0. The van der Waals surface area contributed by atoms with E-state index < -0.39 is 0 Å². The van der Waals surface area contributed by atoms with Crippen molar-refractivity contribution in [3.05, 3.63) is 59.4 Å². The van der Waals surface area contributed by atoms with Gasteiger partial charge in [0.2, 0.25) is 0 Å². The van der Waals surface area contributed by atoms with Crippen LogP contribution >= 0.6 is 0 Å². The standard InChI is InChI=1S/C23H29BF/c1-5-23(11-12-23)22(24-4)17(3)15-19-13-16(2)14-20(21(19)25)18-9-7-6-8-10-18/h6-10,13-14,17,22H,5,11-12,15H2,1-4H3. The summed E-state index contributed by atoms with van der Waals surface area (Å²) in [5.74, 6) is 1.00. The highest BCUT2D eigenvalue weighted by molar-refractivity contribution is 6.36. The van der Waals surface area contributed by atoms with Gasteiger partial charge in [0.15, 0.2) is 0 Å². The van der Waals surface area contributed by atoms with Gasteiger partial charge in [0.05, 0.1) is 0 Å². The Balaban J connectivity index is 1.89. The highest BCUT2D eigenvalue weighted by Gasteiger charge is 2.48. The van der Waals surface area contributed by atoms with Crippen LogP contribution in [0.15, 0.2) is 42.5 Å². The van der Waals surface area contributed by atoms with E-state index in [0.717, 1.165) is 28.7 Å². The Labute approximate surface area is 153 Å². The summed E-state index contributed by atoms with van der Waals surface area (Å²) in [7, 11) is 2.37. The van der Waals surface area contributed by atoms with Gasteiger partial charge in [-0.3, -0.25) is 0 Å². The zero-order valence-electron chi connectivity index (χ0n) is 16.0. The van der Waals surface area contributed by atoms with E-state index in [4.69, 9.17) is 0 Å². The molecule has 0 aromatic heterocycles. The quantitative estimate of drug-likeness (QED) is 0.493. The molecule has 2 aromatic rings. The Morgan fingerprint density at radius 2 is 1.84 bits per heavy atom. The summed E-state index contributed by atoms with van der Waals surface area (Å²) in [5, 5.41) is 0. The monoisotopic (exact) mass is 335 g/mol. The second-order valence-electron chi connectivity index (χ2n) is 7.91. The summed E-state index contributed by atoms with van der Waals surface area (Å²) in [5.41, 5.74) is 4.18. The molecule has 1 aliphatic carbocycles. The molecule has 0 nitrogen and oxygen atoms in total. The molecule has 0 N–H and O–H groups in total. The van der Waals surface area contributed by atoms with Gasteiger partial charge in [-0.1, -0.05) is 74.9 Å². The molecule has 0 bridgehead atoms. The topological polar surface area (TPSA) is 0 Å². The molecule has 2 unspecified atom stereocenters. The fourth-order valence-corrected chi connectivity index (χ4v) is 4.66. The van der Waals surface area contributed by atoms with E-state index in [9.17, 15) is 0 Å². The molecule has 0 saturated heterocycles. The number of benzene rings is 2. The lowest BCUT2D eigenvalue weighted by Crippen LogP contribution is -2.23. The molecule has 2 heteroatoms. The molecule has 131 valence electrons. The lowest BCUT2D eigenvalue weighted by molar-refractivity contribution is 0.354. The summed E-state index contributed by atoms with van der Waals surface area (Å²) < 4.78 is 15.2. The average Bonchev–Trinajstić information content (AvgIpc) is 3.40. The van der Waals surface area contributed by atoms with Gasteiger partial charge in [0, 0.05) is 5.56 Å². The molecule has 0 heterocycles. The lowest BCUT2D eigenvalue weighted by atomic mass is 9.53. The van der Waals surface area contributed by atoms with E-state index in [0.29, 0.717) is 17.2 Å². The number of aryl methyl sites for hydroxylation is 1. The SMILES string of the molecule is C[B]C(C(C)Cc1cc(C)cc(-c2ccccc2)c1F)C1(CC)CC1. The largest absolute Gasteiger partial charge is 0.206 e. The van der Waals surface area contributed by atoms with Crippen LogP contribution in [0.5, 0.6) is 0 Å². The van der Waals surface area contributed by atoms with Crippen molar-refractivity contribution in [2.24, 2.45) is 11.3 Å². The van der Waals surface area contributed by atoms with E-state index in [1.165, 1.54) is 19.3 Å². The molecule has 2 aromatic carbocycles. The Morgan fingerprint density at radius 3 is 2.40 bits per heavy atom. The third kappa shape index (κ3) is 3.68. The van der Waals surface area contributed by atoms with Crippen LogP contribution in [0, 0.1) is 24.1 Å². The minimum absolute atomic E-state index is 0.0418. The van der Waals surface area contributed by atoms with Crippen LogP contribution < -0.4 is 0 Å². The molecule has 1 aliphatic rings. The van der Waals surface area contributed by atoms with Gasteiger partial charge in [-0.25, -0.2) is 4.39 Å². The van der Waals surface area contributed by atoms with Crippen molar-refractivity contribution in [1.29, 1.82) is 0 Å². The molecule has 3 rings (SSSR count). The van der Waals surface area contributed by atoms with Gasteiger partial charge >= 0.3 is 0 Å². The minimum atomic E-state index is -0.0418. The Kier molecular flexibility index (Phi) is 5.36. The summed E-state index contributed by atoms with van der Waals surface area (Å²) in [4.78, 5) is 0. The summed E-state index contributed by atoms with van der Waals surface area (Å²) >= 11 is 0. The molecule has 1 fully saturated rings. The third-order valence-electron chi connectivity index (χ3n) is 6.19. The molecule has 25 heavy (non-hydrogen) atoms. The van der Waals surface area contributed by atoms with Crippen molar-refractivity contribution in [2.45, 2.75) is 59.1 Å². The third-order valence-corrected chi connectivity index (χ3v) is 6.19. The molecule has 1 saturated carbocycles. The van der Waals surface area contributed by atoms with Crippen LogP contribution in [0.3, 0.4) is 0 Å². The number of halogens is 1. The van der Waals surface area contributed by atoms with Gasteiger partial charge < -0.3 is 0 Å². The summed E-state index contributed by atoms with van der Waals surface area (Å²) in [6, 6.07) is 13.9. The second kappa shape index (κ2) is 7.36. The van der Waals surface area contributed by atoms with Gasteiger partial charge in [-0.05, 0) is 54.7 Å². The van der Waals surface area contributed by atoms with Crippen LogP contribution in [0.4, 0.5) is 4.39 Å². The fraction of sp³-hybridized carbons (Fsp3) is 0.478. The van der Waals surface area contributed by atoms with E-state index in [1.54, 1.807) is 0 Å². The zero-order valence-corrected chi connectivity index (χ0v) is 16.0. The van der Waals surface area contributed by atoms with E-state index in [-0.39, 0.29) is 5.82 Å². The van der Waals surface area contributed by atoms with Crippen LogP contribution in [0.25, 0.3) is 11.1 Å². The first-order valence-electron chi connectivity index (χ1n) is 9.64. The van der Waals surface area contributed by atoms with E-state index in [1.807, 2.05) is 42.5 Å². The van der Waals surface area contributed by atoms with Gasteiger partial charge in [0.25, 0.3) is 0 Å². The molecule has 0 aliphatic heterocycles. The normalized spacial score (nSPS) is 17.8. The molecular weight excluding hydrogens is 306 g/mol. The first-order valence-corrected chi connectivity index (χ1v) is 9.64. The van der Waals surface area contributed by atoms with Crippen molar-refractivity contribution < 1.29 is 4.39 Å². The van der Waals surface area contributed by atoms with Gasteiger partial charge in [-0.15, -0.1) is 0 Å². The first kappa shape index (κ1) is 18.2. The zero-order chi connectivity index (χ0) is 18.0. The molecular formula is C23H29BF. The minimum Gasteiger partial charge on any atom is -0.206 e. The Morgan fingerprint density at radius 1 is 1.16 bits per heavy atom. The summed E-state index contributed by atoms with van der Waals surface area (Å²) in [6.45, 7) is 8.85. The van der Waals surface area contributed by atoms with Crippen LogP contribution in [-0.4, -0.2) is 7.28 Å². The van der Waals surface area contributed by atoms with Crippen LogP contribution in [0.1, 0.15) is 44.2 Å². The van der Waals surface area contributed by atoms with E-state index >= 15 is 4.39 Å². The van der Waals surface area contributed by atoms with Crippen molar-refractivity contribution in [1.82, 2.24) is 0 Å². The lowest BCUT2D eigenvalue weighted by Gasteiger charge is -2.31. The Bertz CT molecular complexity index is 718.